The van der Waals surface area contributed by atoms with E-state index in [1.54, 1.807) is 47.8 Å². The summed E-state index contributed by atoms with van der Waals surface area (Å²) < 4.78 is 0. The van der Waals surface area contributed by atoms with E-state index >= 15 is 0 Å². The maximum atomic E-state index is 12.6. The van der Waals surface area contributed by atoms with Gasteiger partial charge in [0.25, 0.3) is 5.91 Å². The Kier molecular flexibility index (Phi) is 10.5. The Balaban J connectivity index is 1.80. The van der Waals surface area contributed by atoms with E-state index in [-0.39, 0.29) is 11.8 Å². The highest BCUT2D eigenvalue weighted by molar-refractivity contribution is 7.98. The predicted molar refractivity (Wildman–Crippen MR) is 126 cm³/mol. The summed E-state index contributed by atoms with van der Waals surface area (Å²) in [5.74, 6) is 2.02. The average molecular weight is 451 g/mol. The molecule has 1 unspecified atom stereocenters. The Morgan fingerprint density at radius 1 is 1.07 bits per heavy atom. The molecule has 7 heteroatoms. The minimum Gasteiger partial charge on any atom is -0.353 e. The van der Waals surface area contributed by atoms with E-state index in [4.69, 9.17) is 11.6 Å². The van der Waals surface area contributed by atoms with Crippen LogP contribution < -0.4 is 10.6 Å². The zero-order valence-corrected chi connectivity index (χ0v) is 19.1. The first-order chi connectivity index (χ1) is 14.0. The molecule has 0 aromatic heterocycles. The monoisotopic (exact) mass is 450 g/mol. The van der Waals surface area contributed by atoms with Crippen LogP contribution in [0.4, 0.5) is 0 Å². The van der Waals surface area contributed by atoms with Gasteiger partial charge < -0.3 is 10.6 Å². The number of hydrogen-bond acceptors (Lipinski definition) is 4. The minimum atomic E-state index is -0.576. The van der Waals surface area contributed by atoms with Crippen LogP contribution >= 0.6 is 35.1 Å². The lowest BCUT2D eigenvalue weighted by Crippen LogP contribution is -2.47. The smallest absolute Gasteiger partial charge is 0.253 e. The molecular weight excluding hydrogens is 424 g/mol. The van der Waals surface area contributed by atoms with E-state index in [0.29, 0.717) is 23.6 Å². The highest BCUT2D eigenvalue weighted by Gasteiger charge is 2.21. The van der Waals surface area contributed by atoms with Gasteiger partial charge in [0.1, 0.15) is 6.04 Å². The fourth-order valence-corrected chi connectivity index (χ4v) is 4.14. The molecule has 0 aliphatic heterocycles. The molecule has 156 valence electrons. The predicted octanol–water partition coefficient (Wildman–Crippen LogP) is 4.55. The van der Waals surface area contributed by atoms with Crippen molar-refractivity contribution in [2.24, 2.45) is 0 Å². The third kappa shape index (κ3) is 8.33. The second-order valence-electron chi connectivity index (χ2n) is 6.62. The highest BCUT2D eigenvalue weighted by Crippen LogP contribution is 2.15. The normalized spacial score (nSPS) is 11.7. The number of carbonyl (C=O) groups is 2. The quantitative estimate of drug-likeness (QED) is 0.493. The van der Waals surface area contributed by atoms with Crippen LogP contribution in [0.1, 0.15) is 27.9 Å². The van der Waals surface area contributed by atoms with Crippen molar-refractivity contribution in [3.05, 3.63) is 70.2 Å². The van der Waals surface area contributed by atoms with Crippen LogP contribution in [-0.4, -0.2) is 42.2 Å². The Morgan fingerprint density at radius 2 is 1.79 bits per heavy atom. The summed E-state index contributed by atoms with van der Waals surface area (Å²) in [4.78, 5) is 25.1. The molecule has 2 aromatic rings. The second-order valence-corrected chi connectivity index (χ2v) is 9.11. The molecule has 2 aromatic carbocycles. The molecule has 2 amide bonds. The van der Waals surface area contributed by atoms with E-state index in [0.717, 1.165) is 17.3 Å². The number of amides is 2. The van der Waals surface area contributed by atoms with Gasteiger partial charge in [0.15, 0.2) is 0 Å². The number of thioether (sulfide) groups is 2. The number of hydrogen-bond donors (Lipinski definition) is 2. The van der Waals surface area contributed by atoms with Crippen LogP contribution in [0.2, 0.25) is 5.02 Å². The Hall–Kier alpha value is -1.63. The van der Waals surface area contributed by atoms with Crippen LogP contribution in [0.25, 0.3) is 0 Å². The number of carbonyl (C=O) groups excluding carboxylic acids is 2. The van der Waals surface area contributed by atoms with Gasteiger partial charge >= 0.3 is 0 Å². The van der Waals surface area contributed by atoms with E-state index in [9.17, 15) is 9.59 Å². The second kappa shape index (κ2) is 12.8. The Bertz CT molecular complexity index is 800. The van der Waals surface area contributed by atoms with Gasteiger partial charge in [0.2, 0.25) is 5.91 Å². The molecule has 4 nitrogen and oxygen atoms in total. The summed E-state index contributed by atoms with van der Waals surface area (Å²) in [6.45, 7) is 2.64. The Morgan fingerprint density at radius 3 is 2.48 bits per heavy atom. The number of benzene rings is 2. The molecule has 29 heavy (non-hydrogen) atoms. The lowest BCUT2D eigenvalue weighted by molar-refractivity contribution is -0.122. The first-order valence-electron chi connectivity index (χ1n) is 9.46. The van der Waals surface area contributed by atoms with Crippen LogP contribution in [0.3, 0.4) is 0 Å². The van der Waals surface area contributed by atoms with Crippen molar-refractivity contribution >= 4 is 46.9 Å². The van der Waals surface area contributed by atoms with Gasteiger partial charge in [-0.25, -0.2) is 0 Å². The molecule has 0 heterocycles. The third-order valence-electron chi connectivity index (χ3n) is 4.29. The summed E-state index contributed by atoms with van der Waals surface area (Å²) in [5.41, 5.74) is 2.91. The summed E-state index contributed by atoms with van der Waals surface area (Å²) in [7, 11) is 0. The molecule has 0 saturated heterocycles. The van der Waals surface area contributed by atoms with Gasteiger partial charge in [-0.15, -0.1) is 0 Å². The van der Waals surface area contributed by atoms with E-state index in [1.807, 2.05) is 6.26 Å². The summed E-state index contributed by atoms with van der Waals surface area (Å²) >= 11 is 9.51. The zero-order chi connectivity index (χ0) is 21.1. The lowest BCUT2D eigenvalue weighted by atomic mass is 10.1. The number of nitrogens with one attached hydrogen (secondary N) is 2. The number of halogens is 1. The van der Waals surface area contributed by atoms with E-state index < -0.39 is 6.04 Å². The molecule has 0 aliphatic carbocycles. The largest absolute Gasteiger partial charge is 0.353 e. The van der Waals surface area contributed by atoms with Gasteiger partial charge in [-0.3, -0.25) is 9.59 Å². The molecule has 0 saturated carbocycles. The molecule has 0 bridgehead atoms. The van der Waals surface area contributed by atoms with Crippen LogP contribution in [0.5, 0.6) is 0 Å². The molecular formula is C22H27ClN2O2S2. The average Bonchev–Trinajstić information content (AvgIpc) is 2.72. The maximum Gasteiger partial charge on any atom is 0.253 e. The molecule has 0 aliphatic rings. The van der Waals surface area contributed by atoms with Crippen molar-refractivity contribution in [2.45, 2.75) is 25.1 Å². The number of rotatable bonds is 11. The number of aryl methyl sites for hydroxylation is 1. The summed E-state index contributed by atoms with van der Waals surface area (Å²) in [6, 6.07) is 14.7. The van der Waals surface area contributed by atoms with Crippen molar-refractivity contribution in [3.63, 3.8) is 0 Å². The fourth-order valence-electron chi connectivity index (χ4n) is 2.63. The van der Waals surface area contributed by atoms with Gasteiger partial charge in [-0.2, -0.15) is 23.5 Å². The van der Waals surface area contributed by atoms with E-state index in [2.05, 4.69) is 41.8 Å². The SMILES string of the molecule is CSCCC(NC(=O)c1ccccc1Cl)C(=O)NCCSCc1ccc(C)cc1. The lowest BCUT2D eigenvalue weighted by Gasteiger charge is -2.18. The van der Waals surface area contributed by atoms with Gasteiger partial charge in [0, 0.05) is 18.1 Å². The van der Waals surface area contributed by atoms with Crippen LogP contribution in [0.15, 0.2) is 48.5 Å². The third-order valence-corrected chi connectivity index (χ3v) is 6.29. The first-order valence-corrected chi connectivity index (χ1v) is 12.4. The minimum absolute atomic E-state index is 0.157. The molecule has 1 atom stereocenters. The van der Waals surface area contributed by atoms with Gasteiger partial charge in [-0.1, -0.05) is 53.6 Å². The zero-order valence-electron chi connectivity index (χ0n) is 16.7. The van der Waals surface area contributed by atoms with Crippen molar-refractivity contribution in [1.82, 2.24) is 10.6 Å². The molecule has 2 rings (SSSR count). The van der Waals surface area contributed by atoms with E-state index in [1.165, 1.54) is 11.1 Å². The summed E-state index contributed by atoms with van der Waals surface area (Å²) in [6.07, 6.45) is 2.55. The molecule has 2 N–H and O–H groups in total. The van der Waals surface area contributed by atoms with Gasteiger partial charge in [0.05, 0.1) is 10.6 Å². The van der Waals surface area contributed by atoms with Crippen molar-refractivity contribution in [3.8, 4) is 0 Å². The highest BCUT2D eigenvalue weighted by atomic mass is 35.5. The van der Waals surface area contributed by atoms with Crippen molar-refractivity contribution in [1.29, 1.82) is 0 Å². The van der Waals surface area contributed by atoms with Crippen LogP contribution in [0, 0.1) is 6.92 Å². The van der Waals surface area contributed by atoms with Crippen molar-refractivity contribution < 1.29 is 9.59 Å². The van der Waals surface area contributed by atoms with Crippen LogP contribution in [-0.2, 0) is 10.5 Å². The standard InChI is InChI=1S/C22H27ClN2O2S2/c1-16-7-9-17(10-8-16)15-29-14-12-24-22(27)20(11-13-28-2)25-21(26)18-5-3-4-6-19(18)23/h3-10,20H,11-15H2,1-2H3,(H,24,27)(H,25,26). The molecule has 0 spiro atoms. The first kappa shape index (κ1) is 23.6. The van der Waals surface area contributed by atoms with Gasteiger partial charge in [-0.05, 0) is 43.0 Å². The molecule has 0 fully saturated rings. The van der Waals surface area contributed by atoms with Crippen molar-refractivity contribution in [2.75, 3.05) is 24.3 Å². The summed E-state index contributed by atoms with van der Waals surface area (Å²) in [5, 5.41) is 6.14. The fraction of sp³-hybridized carbons (Fsp3) is 0.364. The molecule has 0 radical (unpaired) electrons. The maximum absolute atomic E-state index is 12.6. The topological polar surface area (TPSA) is 58.2 Å². The Labute approximate surface area is 186 Å².